The first kappa shape index (κ1) is 10.1. The van der Waals surface area contributed by atoms with Crippen LogP contribution in [-0.4, -0.2) is 15.1 Å². The highest BCUT2D eigenvalue weighted by molar-refractivity contribution is 5.84. The van der Waals surface area contributed by atoms with E-state index in [2.05, 4.69) is 27.3 Å². The van der Waals surface area contributed by atoms with Gasteiger partial charge in [0, 0.05) is 11.6 Å². The van der Waals surface area contributed by atoms with E-state index in [1.165, 1.54) is 0 Å². The number of H-pyrrole nitrogens is 1. The number of hydrogen-bond donors (Lipinski definition) is 1. The molecule has 4 heteroatoms. The molecular weight excluding hydrogens is 214 g/mol. The SMILES string of the molecule is Cc1cnc2[nH]c(-c3c(C)noc3C)cc2c1. The van der Waals surface area contributed by atoms with Crippen LogP contribution in [0.2, 0.25) is 0 Å². The van der Waals surface area contributed by atoms with Gasteiger partial charge in [0.2, 0.25) is 0 Å². The summed E-state index contributed by atoms with van der Waals surface area (Å²) in [6.07, 6.45) is 1.86. The van der Waals surface area contributed by atoms with Gasteiger partial charge in [0.1, 0.15) is 11.4 Å². The van der Waals surface area contributed by atoms with Crippen LogP contribution in [0, 0.1) is 20.8 Å². The molecular formula is C13H13N3O. The molecule has 0 radical (unpaired) electrons. The second-order valence-corrected chi connectivity index (χ2v) is 4.33. The molecule has 0 fully saturated rings. The van der Waals surface area contributed by atoms with Gasteiger partial charge in [-0.2, -0.15) is 0 Å². The lowest BCUT2D eigenvalue weighted by Gasteiger charge is -1.93. The van der Waals surface area contributed by atoms with Crippen molar-refractivity contribution in [3.8, 4) is 11.3 Å². The molecule has 0 saturated carbocycles. The number of pyridine rings is 1. The fourth-order valence-electron chi connectivity index (χ4n) is 2.13. The molecule has 0 unspecified atom stereocenters. The van der Waals surface area contributed by atoms with E-state index in [0.29, 0.717) is 0 Å². The molecule has 0 spiro atoms. The summed E-state index contributed by atoms with van der Waals surface area (Å²) < 4.78 is 5.18. The highest BCUT2D eigenvalue weighted by Gasteiger charge is 2.13. The predicted octanol–water partition coefficient (Wildman–Crippen LogP) is 3.14. The number of rotatable bonds is 1. The van der Waals surface area contributed by atoms with Crippen LogP contribution in [0.3, 0.4) is 0 Å². The van der Waals surface area contributed by atoms with E-state index >= 15 is 0 Å². The van der Waals surface area contributed by atoms with Gasteiger partial charge >= 0.3 is 0 Å². The van der Waals surface area contributed by atoms with E-state index in [1.807, 2.05) is 27.0 Å². The van der Waals surface area contributed by atoms with E-state index in [9.17, 15) is 0 Å². The first-order valence-electron chi connectivity index (χ1n) is 5.54. The molecule has 3 rings (SSSR count). The predicted molar refractivity (Wildman–Crippen MR) is 65.8 cm³/mol. The van der Waals surface area contributed by atoms with Crippen LogP contribution < -0.4 is 0 Å². The van der Waals surface area contributed by atoms with Crippen molar-refractivity contribution in [1.82, 2.24) is 15.1 Å². The van der Waals surface area contributed by atoms with Crippen LogP contribution in [-0.2, 0) is 0 Å². The Bertz CT molecular complexity index is 674. The Morgan fingerprint density at radius 2 is 2.00 bits per heavy atom. The quantitative estimate of drug-likeness (QED) is 0.694. The molecule has 4 nitrogen and oxygen atoms in total. The standard InChI is InChI=1S/C13H13N3O/c1-7-4-10-5-11(15-13(10)14-6-7)12-8(2)16-17-9(12)3/h4-6H,1-3H3,(H,14,15). The van der Waals surface area contributed by atoms with Crippen molar-refractivity contribution < 1.29 is 4.52 Å². The van der Waals surface area contributed by atoms with Crippen LogP contribution in [0.1, 0.15) is 17.0 Å². The van der Waals surface area contributed by atoms with Crippen molar-refractivity contribution in [2.75, 3.05) is 0 Å². The molecule has 17 heavy (non-hydrogen) atoms. The zero-order valence-corrected chi connectivity index (χ0v) is 10.0. The second-order valence-electron chi connectivity index (χ2n) is 4.33. The van der Waals surface area contributed by atoms with Crippen LogP contribution in [0.15, 0.2) is 22.9 Å². The highest BCUT2D eigenvalue weighted by atomic mass is 16.5. The Labute approximate surface area is 98.7 Å². The Balaban J connectivity index is 2.25. The minimum Gasteiger partial charge on any atom is -0.361 e. The van der Waals surface area contributed by atoms with Gasteiger partial charge in [0.25, 0.3) is 0 Å². The Hall–Kier alpha value is -2.10. The van der Waals surface area contributed by atoms with Crippen molar-refractivity contribution in [2.24, 2.45) is 0 Å². The van der Waals surface area contributed by atoms with Crippen LogP contribution in [0.4, 0.5) is 0 Å². The lowest BCUT2D eigenvalue weighted by Crippen LogP contribution is -1.81. The monoisotopic (exact) mass is 227 g/mol. The average molecular weight is 227 g/mol. The minimum atomic E-state index is 0.825. The summed E-state index contributed by atoms with van der Waals surface area (Å²) in [5, 5.41) is 5.08. The van der Waals surface area contributed by atoms with Crippen molar-refractivity contribution in [1.29, 1.82) is 0 Å². The van der Waals surface area contributed by atoms with Crippen molar-refractivity contribution in [2.45, 2.75) is 20.8 Å². The summed E-state index contributed by atoms with van der Waals surface area (Å²) in [4.78, 5) is 7.66. The third-order valence-electron chi connectivity index (χ3n) is 2.91. The lowest BCUT2D eigenvalue weighted by atomic mass is 10.1. The molecule has 0 atom stereocenters. The van der Waals surface area contributed by atoms with E-state index in [1.54, 1.807) is 0 Å². The summed E-state index contributed by atoms with van der Waals surface area (Å²) in [5.74, 6) is 0.825. The molecule has 86 valence electrons. The number of aromatic amines is 1. The van der Waals surface area contributed by atoms with Crippen molar-refractivity contribution >= 4 is 11.0 Å². The van der Waals surface area contributed by atoms with E-state index in [0.717, 1.165) is 39.3 Å². The average Bonchev–Trinajstić information content (AvgIpc) is 2.81. The molecule has 1 N–H and O–H groups in total. The first-order valence-corrected chi connectivity index (χ1v) is 5.54. The van der Waals surface area contributed by atoms with Crippen LogP contribution >= 0.6 is 0 Å². The minimum absolute atomic E-state index is 0.825. The van der Waals surface area contributed by atoms with Gasteiger partial charge < -0.3 is 9.51 Å². The topological polar surface area (TPSA) is 54.7 Å². The largest absolute Gasteiger partial charge is 0.361 e. The first-order chi connectivity index (χ1) is 8.15. The van der Waals surface area contributed by atoms with Gasteiger partial charge in [0.15, 0.2) is 0 Å². The van der Waals surface area contributed by atoms with Crippen LogP contribution in [0.25, 0.3) is 22.3 Å². The number of fused-ring (bicyclic) bond motifs is 1. The van der Waals surface area contributed by atoms with E-state index in [-0.39, 0.29) is 0 Å². The molecule has 0 bridgehead atoms. The van der Waals surface area contributed by atoms with Gasteiger partial charge in [-0.1, -0.05) is 5.16 Å². The molecule has 0 aliphatic rings. The zero-order valence-electron chi connectivity index (χ0n) is 10.0. The van der Waals surface area contributed by atoms with Crippen molar-refractivity contribution in [3.63, 3.8) is 0 Å². The normalized spacial score (nSPS) is 11.2. The lowest BCUT2D eigenvalue weighted by molar-refractivity contribution is 0.393. The molecule has 3 heterocycles. The molecule has 0 amide bonds. The molecule has 0 aliphatic carbocycles. The number of aryl methyl sites for hydroxylation is 3. The summed E-state index contributed by atoms with van der Waals surface area (Å²) in [7, 11) is 0. The van der Waals surface area contributed by atoms with Crippen molar-refractivity contribution in [3.05, 3.63) is 35.3 Å². The summed E-state index contributed by atoms with van der Waals surface area (Å²) in [6, 6.07) is 4.20. The Kier molecular flexibility index (Phi) is 2.04. The molecule has 3 aromatic rings. The molecule has 0 saturated heterocycles. The molecule has 0 aliphatic heterocycles. The van der Waals surface area contributed by atoms with Gasteiger partial charge in [-0.05, 0) is 38.5 Å². The maximum atomic E-state index is 5.18. The summed E-state index contributed by atoms with van der Waals surface area (Å²) >= 11 is 0. The second kappa shape index (κ2) is 3.45. The maximum absolute atomic E-state index is 5.18. The smallest absolute Gasteiger partial charge is 0.143 e. The number of aromatic nitrogens is 3. The van der Waals surface area contributed by atoms with Crippen LogP contribution in [0.5, 0.6) is 0 Å². The fraction of sp³-hybridized carbons (Fsp3) is 0.231. The van der Waals surface area contributed by atoms with E-state index < -0.39 is 0 Å². The molecule has 3 aromatic heterocycles. The van der Waals surface area contributed by atoms with E-state index in [4.69, 9.17) is 4.52 Å². The zero-order chi connectivity index (χ0) is 12.0. The van der Waals surface area contributed by atoms with Gasteiger partial charge in [-0.25, -0.2) is 4.98 Å². The third kappa shape index (κ3) is 1.53. The van der Waals surface area contributed by atoms with Gasteiger partial charge in [-0.3, -0.25) is 0 Å². The number of nitrogens with one attached hydrogen (secondary N) is 1. The fourth-order valence-corrected chi connectivity index (χ4v) is 2.13. The molecule has 0 aromatic carbocycles. The summed E-state index contributed by atoms with van der Waals surface area (Å²) in [5.41, 5.74) is 4.98. The Morgan fingerprint density at radius 3 is 2.71 bits per heavy atom. The third-order valence-corrected chi connectivity index (χ3v) is 2.91. The van der Waals surface area contributed by atoms with Gasteiger partial charge in [0.05, 0.1) is 17.0 Å². The van der Waals surface area contributed by atoms with Gasteiger partial charge in [-0.15, -0.1) is 0 Å². The Morgan fingerprint density at radius 1 is 1.18 bits per heavy atom. The summed E-state index contributed by atoms with van der Waals surface area (Å²) in [6.45, 7) is 5.89. The number of hydrogen-bond acceptors (Lipinski definition) is 3. The maximum Gasteiger partial charge on any atom is 0.143 e. The highest BCUT2D eigenvalue weighted by Crippen LogP contribution is 2.28. The number of nitrogens with zero attached hydrogens (tertiary/aromatic N) is 2.